The van der Waals surface area contributed by atoms with E-state index >= 15 is 0 Å². The summed E-state index contributed by atoms with van der Waals surface area (Å²) in [5, 5.41) is 0. The Morgan fingerprint density at radius 2 is 1.63 bits per heavy atom. The summed E-state index contributed by atoms with van der Waals surface area (Å²) >= 11 is 0. The highest BCUT2D eigenvalue weighted by molar-refractivity contribution is 5.04. The lowest BCUT2D eigenvalue weighted by atomic mass is 10.1. The van der Waals surface area contributed by atoms with Crippen LogP contribution in [0, 0.1) is 6.57 Å². The first-order valence-electron chi connectivity index (χ1n) is 6.51. The van der Waals surface area contributed by atoms with Crippen LogP contribution in [0.1, 0.15) is 27.7 Å². The van der Waals surface area contributed by atoms with Crippen molar-refractivity contribution in [1.82, 2.24) is 0 Å². The summed E-state index contributed by atoms with van der Waals surface area (Å²) in [6, 6.07) is 0. The maximum absolute atomic E-state index is 7.21. The van der Waals surface area contributed by atoms with Crippen molar-refractivity contribution in [1.29, 1.82) is 0 Å². The third-order valence-electron chi connectivity index (χ3n) is 3.59. The molecule has 3 heterocycles. The molecule has 0 radical (unpaired) electrons. The highest BCUT2D eigenvalue weighted by Gasteiger charge is 2.61. The first-order valence-corrected chi connectivity index (χ1v) is 6.51. The van der Waals surface area contributed by atoms with Gasteiger partial charge in [-0.15, -0.1) is 0 Å². The molecule has 3 saturated heterocycles. The van der Waals surface area contributed by atoms with Crippen molar-refractivity contribution in [2.45, 2.75) is 69.9 Å². The van der Waals surface area contributed by atoms with Crippen LogP contribution in [0.15, 0.2) is 0 Å². The van der Waals surface area contributed by atoms with Gasteiger partial charge >= 0.3 is 6.23 Å². The smallest absolute Gasteiger partial charge is 0.348 e. The molecule has 6 heteroatoms. The van der Waals surface area contributed by atoms with E-state index in [2.05, 4.69) is 4.85 Å². The maximum atomic E-state index is 7.21. The predicted octanol–water partition coefficient (Wildman–Crippen LogP) is 1.30. The zero-order valence-electron chi connectivity index (χ0n) is 11.6. The minimum Gasteiger partial charge on any atom is -0.348 e. The van der Waals surface area contributed by atoms with Crippen molar-refractivity contribution in [3.05, 3.63) is 11.4 Å². The number of hydrogen-bond donors (Lipinski definition) is 0. The van der Waals surface area contributed by atoms with Crippen molar-refractivity contribution >= 4 is 0 Å². The van der Waals surface area contributed by atoms with Gasteiger partial charge in [-0.05, 0) is 27.7 Å². The van der Waals surface area contributed by atoms with Crippen LogP contribution in [0.3, 0.4) is 0 Å². The van der Waals surface area contributed by atoms with Crippen LogP contribution in [-0.4, -0.2) is 48.8 Å². The molecule has 106 valence electrons. The molecular formula is C13H19NO5. The van der Waals surface area contributed by atoms with E-state index < -0.39 is 17.8 Å². The van der Waals surface area contributed by atoms with E-state index in [0.29, 0.717) is 6.61 Å². The molecule has 0 unspecified atom stereocenters. The van der Waals surface area contributed by atoms with Crippen LogP contribution >= 0.6 is 0 Å². The normalized spacial score (nSPS) is 47.0. The number of nitrogens with zero attached hydrogens (tertiary/aromatic N) is 1. The van der Waals surface area contributed by atoms with E-state index in [0.717, 1.165) is 0 Å². The van der Waals surface area contributed by atoms with E-state index in [4.69, 9.17) is 30.3 Å². The van der Waals surface area contributed by atoms with Crippen molar-refractivity contribution in [3.8, 4) is 0 Å². The molecule has 0 aromatic rings. The van der Waals surface area contributed by atoms with Gasteiger partial charge in [0.15, 0.2) is 17.7 Å². The Balaban J connectivity index is 1.78. The Bertz CT molecular complexity index is 416. The van der Waals surface area contributed by atoms with Crippen molar-refractivity contribution in [2.24, 2.45) is 0 Å². The SMILES string of the molecule is [C-]#[N+][C@H]1O[C@H]([C@H]2COC(C)(C)O2)[C@@H]2OC(C)(C)O[C@@H]21. The zero-order chi connectivity index (χ0) is 13.8. The summed E-state index contributed by atoms with van der Waals surface area (Å²) in [5.74, 6) is -1.30. The summed E-state index contributed by atoms with van der Waals surface area (Å²) in [5.41, 5.74) is 0. The fourth-order valence-electron chi connectivity index (χ4n) is 2.89. The highest BCUT2D eigenvalue weighted by Crippen LogP contribution is 2.42. The van der Waals surface area contributed by atoms with Gasteiger partial charge in [-0.25, -0.2) is 6.57 Å². The summed E-state index contributed by atoms with van der Waals surface area (Å²) < 4.78 is 28.7. The fraction of sp³-hybridized carbons (Fsp3) is 0.923. The molecule has 0 aromatic heterocycles. The van der Waals surface area contributed by atoms with Crippen molar-refractivity contribution < 1.29 is 23.7 Å². The van der Waals surface area contributed by atoms with Crippen LogP contribution in [-0.2, 0) is 23.7 Å². The van der Waals surface area contributed by atoms with Crippen molar-refractivity contribution in [3.63, 3.8) is 0 Å². The van der Waals surface area contributed by atoms with E-state index in [1.165, 1.54) is 0 Å². The summed E-state index contributed by atoms with van der Waals surface area (Å²) in [6.45, 7) is 15.1. The molecule has 0 saturated carbocycles. The topological polar surface area (TPSA) is 50.5 Å². The molecule has 3 aliphatic rings. The van der Waals surface area contributed by atoms with E-state index in [1.807, 2.05) is 27.7 Å². The number of ether oxygens (including phenoxy) is 5. The van der Waals surface area contributed by atoms with Gasteiger partial charge in [0, 0.05) is 0 Å². The monoisotopic (exact) mass is 269 g/mol. The van der Waals surface area contributed by atoms with Crippen LogP contribution in [0.5, 0.6) is 0 Å². The number of hydrogen-bond acceptors (Lipinski definition) is 5. The van der Waals surface area contributed by atoms with E-state index in [9.17, 15) is 0 Å². The minimum absolute atomic E-state index is 0.230. The lowest BCUT2D eigenvalue weighted by Crippen LogP contribution is -2.40. The molecule has 3 fully saturated rings. The fourth-order valence-corrected chi connectivity index (χ4v) is 2.89. The zero-order valence-corrected chi connectivity index (χ0v) is 11.6. The Morgan fingerprint density at radius 3 is 2.21 bits per heavy atom. The lowest BCUT2D eigenvalue weighted by molar-refractivity contribution is -0.202. The molecule has 6 nitrogen and oxygen atoms in total. The Hall–Kier alpha value is -0.710. The van der Waals surface area contributed by atoms with Gasteiger partial charge < -0.3 is 18.9 Å². The van der Waals surface area contributed by atoms with E-state index in [1.54, 1.807) is 0 Å². The van der Waals surface area contributed by atoms with Crippen molar-refractivity contribution in [2.75, 3.05) is 6.61 Å². The van der Waals surface area contributed by atoms with Gasteiger partial charge in [0.1, 0.15) is 18.3 Å². The first-order chi connectivity index (χ1) is 8.81. The summed E-state index contributed by atoms with van der Waals surface area (Å²) in [6.07, 6.45) is -1.83. The van der Waals surface area contributed by atoms with Crippen LogP contribution < -0.4 is 0 Å². The maximum Gasteiger partial charge on any atom is 0.357 e. The molecule has 3 rings (SSSR count). The minimum atomic E-state index is -0.685. The Labute approximate surface area is 112 Å². The third kappa shape index (κ3) is 2.26. The first kappa shape index (κ1) is 13.3. The largest absolute Gasteiger partial charge is 0.357 e. The summed E-state index contributed by atoms with van der Waals surface area (Å²) in [4.78, 5) is 3.48. The lowest BCUT2D eigenvalue weighted by Gasteiger charge is -2.25. The van der Waals surface area contributed by atoms with Crippen LogP contribution in [0.4, 0.5) is 0 Å². The quantitative estimate of drug-likeness (QED) is 0.672. The number of fused-ring (bicyclic) bond motifs is 1. The molecular weight excluding hydrogens is 250 g/mol. The molecule has 0 N–H and O–H groups in total. The molecule has 0 amide bonds. The van der Waals surface area contributed by atoms with Gasteiger partial charge in [-0.1, -0.05) is 0 Å². The second kappa shape index (κ2) is 4.14. The molecule has 0 spiro atoms. The average Bonchev–Trinajstić information content (AvgIpc) is 2.89. The van der Waals surface area contributed by atoms with Gasteiger partial charge in [-0.2, -0.15) is 0 Å². The third-order valence-corrected chi connectivity index (χ3v) is 3.59. The predicted molar refractivity (Wildman–Crippen MR) is 64.0 cm³/mol. The van der Waals surface area contributed by atoms with Gasteiger partial charge in [-0.3, -0.25) is 9.58 Å². The average molecular weight is 269 g/mol. The molecule has 0 bridgehead atoms. The molecule has 19 heavy (non-hydrogen) atoms. The standard InChI is InChI=1S/C13H19NO5/c1-12(2)15-6-7(17-12)8-9-10(11(14-5)16-8)19-13(3,4)18-9/h7-11H,6H2,1-4H3/t7-,8-,9+,10+,11+/m1/s1. The second-order valence-electron chi connectivity index (χ2n) is 6.05. The Kier molecular flexibility index (Phi) is 2.89. The molecule has 0 aromatic carbocycles. The van der Waals surface area contributed by atoms with Crippen LogP contribution in [0.25, 0.3) is 4.85 Å². The number of rotatable bonds is 1. The van der Waals surface area contributed by atoms with Crippen LogP contribution in [0.2, 0.25) is 0 Å². The Morgan fingerprint density at radius 1 is 0.947 bits per heavy atom. The summed E-state index contributed by atoms with van der Waals surface area (Å²) in [7, 11) is 0. The second-order valence-corrected chi connectivity index (χ2v) is 6.05. The van der Waals surface area contributed by atoms with Gasteiger partial charge in [0.05, 0.1) is 6.61 Å². The molecule has 0 aliphatic carbocycles. The van der Waals surface area contributed by atoms with Gasteiger partial charge in [0.25, 0.3) is 0 Å². The highest BCUT2D eigenvalue weighted by atomic mass is 16.8. The molecule has 5 atom stereocenters. The van der Waals surface area contributed by atoms with E-state index in [-0.39, 0.29) is 24.4 Å². The van der Waals surface area contributed by atoms with Gasteiger partial charge in [0.2, 0.25) is 0 Å². The molecule has 3 aliphatic heterocycles.